The van der Waals surface area contributed by atoms with Gasteiger partial charge in [0.25, 0.3) is 0 Å². The summed E-state index contributed by atoms with van der Waals surface area (Å²) in [6.45, 7) is 5.58. The largest absolute Gasteiger partial charge is 0.487 e. The van der Waals surface area contributed by atoms with Gasteiger partial charge in [0.2, 0.25) is 5.41 Å². The van der Waals surface area contributed by atoms with Crippen molar-refractivity contribution in [3.8, 4) is 0 Å². The third-order valence-corrected chi connectivity index (χ3v) is 8.21. The van der Waals surface area contributed by atoms with Crippen molar-refractivity contribution in [2.24, 2.45) is 5.92 Å². The molecule has 1 rings (SSSR count). The minimum absolute atomic E-state index is 0. The van der Waals surface area contributed by atoms with Gasteiger partial charge in [-0.15, -0.1) is 0 Å². The first-order valence-corrected chi connectivity index (χ1v) is 9.09. The topological polar surface area (TPSA) is 54.0 Å². The summed E-state index contributed by atoms with van der Waals surface area (Å²) in [4.78, 5) is 11.7. The van der Waals surface area contributed by atoms with E-state index in [2.05, 4.69) is 13.5 Å². The summed E-state index contributed by atoms with van der Waals surface area (Å²) in [5.74, 6) is -0.311. The van der Waals surface area contributed by atoms with Crippen LogP contribution in [0.5, 0.6) is 0 Å². The second-order valence-electron chi connectivity index (χ2n) is 5.04. The summed E-state index contributed by atoms with van der Waals surface area (Å²) in [7, 11) is 1.78. The first-order chi connectivity index (χ1) is 9.55. The minimum atomic E-state index is -2.99. The third kappa shape index (κ3) is 3.65. The molecule has 7 heteroatoms. The first-order valence-electron chi connectivity index (χ1n) is 7.06. The third-order valence-electron chi connectivity index (χ3n) is 4.13. The Morgan fingerprint density at radius 1 is 1.38 bits per heavy atom. The molecular weight excluding hydrogens is 304 g/mol. The van der Waals surface area contributed by atoms with Crippen LogP contribution in [0.4, 0.5) is 0 Å². The van der Waals surface area contributed by atoms with E-state index in [0.717, 1.165) is 31.8 Å². The number of hydrogen-bond donors (Lipinski definition) is 0. The van der Waals surface area contributed by atoms with Gasteiger partial charge >= 0.3 is 14.5 Å². The van der Waals surface area contributed by atoms with Gasteiger partial charge in [-0.3, -0.25) is 0 Å². The van der Waals surface area contributed by atoms with E-state index in [1.165, 1.54) is 0 Å². The molecule has 2 unspecified atom stereocenters. The van der Waals surface area contributed by atoms with Crippen LogP contribution in [-0.4, -0.2) is 52.2 Å². The minimum Gasteiger partial charge on any atom is -0.487 e. The number of methoxy groups -OCH3 is 2. The monoisotopic (exact) mass is 334 g/mol. The molecule has 0 aliphatic carbocycles. The van der Waals surface area contributed by atoms with Gasteiger partial charge in [-0.2, -0.15) is 0 Å². The molecule has 1 fully saturated rings. The Kier molecular flexibility index (Phi) is 8.64. The lowest BCUT2D eigenvalue weighted by atomic mass is 9.96. The van der Waals surface area contributed by atoms with E-state index in [1.54, 1.807) is 21.3 Å². The highest BCUT2D eigenvalue weighted by Crippen LogP contribution is 2.46. The summed E-state index contributed by atoms with van der Waals surface area (Å²) < 4.78 is 22.9. The molecule has 1 aliphatic rings. The van der Waals surface area contributed by atoms with Crippen LogP contribution in [0.1, 0.15) is 32.6 Å². The van der Waals surface area contributed by atoms with Gasteiger partial charge in [0.05, 0.1) is 0 Å². The van der Waals surface area contributed by atoms with Crippen molar-refractivity contribution in [1.29, 1.82) is 0 Å². The standard InChI is InChI=1S/C14H26O5Si.H4Si/c1-6-9-12-10-8-11-20(18-5,19-13(15)7-2)14(12,16-3)17-4;/h7,12H,2,6,8-11H2,1,3-5H3;1H4. The van der Waals surface area contributed by atoms with Gasteiger partial charge in [0, 0.05) is 39.4 Å². The Bertz CT molecular complexity index is 344. The van der Waals surface area contributed by atoms with E-state index >= 15 is 0 Å². The van der Waals surface area contributed by atoms with E-state index in [9.17, 15) is 4.79 Å². The average molecular weight is 335 g/mol. The second kappa shape index (κ2) is 8.84. The molecule has 0 radical (unpaired) electrons. The highest BCUT2D eigenvalue weighted by atomic mass is 28.4. The van der Waals surface area contributed by atoms with Crippen molar-refractivity contribution < 1.29 is 23.1 Å². The molecule has 124 valence electrons. The zero-order valence-corrected chi connectivity index (χ0v) is 13.9. The van der Waals surface area contributed by atoms with Crippen LogP contribution in [0.15, 0.2) is 12.7 Å². The average Bonchev–Trinajstić information content (AvgIpc) is 2.48. The Balaban J connectivity index is 0.00000400. The van der Waals surface area contributed by atoms with Crippen LogP contribution < -0.4 is 0 Å². The van der Waals surface area contributed by atoms with Crippen LogP contribution in [0.3, 0.4) is 0 Å². The van der Waals surface area contributed by atoms with Crippen LogP contribution in [0, 0.1) is 5.92 Å². The molecule has 0 aromatic rings. The van der Waals surface area contributed by atoms with Gasteiger partial charge < -0.3 is 18.3 Å². The summed E-state index contributed by atoms with van der Waals surface area (Å²) in [5.41, 5.74) is -0.950. The normalized spacial score (nSPS) is 27.5. The van der Waals surface area contributed by atoms with Crippen molar-refractivity contribution in [2.45, 2.75) is 44.1 Å². The fourth-order valence-corrected chi connectivity index (χ4v) is 7.05. The lowest BCUT2D eigenvalue weighted by molar-refractivity contribution is -0.215. The van der Waals surface area contributed by atoms with Gasteiger partial charge in [0.1, 0.15) is 0 Å². The van der Waals surface area contributed by atoms with E-state index in [4.69, 9.17) is 18.3 Å². The molecule has 0 amide bonds. The maximum Gasteiger partial charge on any atom is 0.462 e. The fraction of sp³-hybridized carbons (Fsp3) is 0.786. The molecule has 0 bridgehead atoms. The highest BCUT2D eigenvalue weighted by molar-refractivity contribution is 6.72. The van der Waals surface area contributed by atoms with Crippen LogP contribution >= 0.6 is 0 Å². The molecule has 0 aromatic heterocycles. The van der Waals surface area contributed by atoms with E-state index in [1.807, 2.05) is 0 Å². The van der Waals surface area contributed by atoms with Gasteiger partial charge in [-0.1, -0.05) is 19.9 Å². The Morgan fingerprint density at radius 3 is 2.43 bits per heavy atom. The molecule has 0 aromatic carbocycles. The second-order valence-corrected chi connectivity index (χ2v) is 8.35. The molecule has 1 aliphatic heterocycles. The summed E-state index contributed by atoms with van der Waals surface area (Å²) in [6, 6.07) is 0.672. The zero-order chi connectivity index (χ0) is 15.2. The van der Waals surface area contributed by atoms with Crippen molar-refractivity contribution in [3.63, 3.8) is 0 Å². The van der Waals surface area contributed by atoms with Crippen molar-refractivity contribution in [1.82, 2.24) is 0 Å². The molecule has 5 nitrogen and oxygen atoms in total. The number of carbonyl (C=O) groups excluding carboxylic acids is 1. The Hall–Kier alpha value is -0.476. The number of ether oxygens (including phenoxy) is 2. The maximum absolute atomic E-state index is 11.7. The number of hydrogen-bond acceptors (Lipinski definition) is 5. The SMILES string of the molecule is C=CC(=O)O[Si]1(OC)CCCC(CCC)C1(OC)OC.[SiH4]. The lowest BCUT2D eigenvalue weighted by Gasteiger charge is -2.50. The molecule has 1 heterocycles. The van der Waals surface area contributed by atoms with Crippen LogP contribution in [0.25, 0.3) is 0 Å². The quantitative estimate of drug-likeness (QED) is 0.396. The molecular formula is C14H30O5Si2. The molecule has 1 saturated heterocycles. The van der Waals surface area contributed by atoms with Gasteiger partial charge in [-0.25, -0.2) is 4.79 Å². The molecule has 0 spiro atoms. The molecule has 2 atom stereocenters. The summed E-state index contributed by atoms with van der Waals surface area (Å²) in [6.07, 6.45) is 5.06. The predicted molar refractivity (Wildman–Crippen MR) is 89.6 cm³/mol. The maximum atomic E-state index is 11.7. The van der Waals surface area contributed by atoms with E-state index in [-0.39, 0.29) is 16.9 Å². The van der Waals surface area contributed by atoms with Crippen molar-refractivity contribution >= 4 is 25.5 Å². The molecule has 21 heavy (non-hydrogen) atoms. The predicted octanol–water partition coefficient (Wildman–Crippen LogP) is 1.09. The van der Waals surface area contributed by atoms with E-state index in [0.29, 0.717) is 6.04 Å². The zero-order valence-electron chi connectivity index (χ0n) is 12.9. The van der Waals surface area contributed by atoms with Crippen molar-refractivity contribution in [2.75, 3.05) is 21.3 Å². The van der Waals surface area contributed by atoms with Crippen LogP contribution in [-0.2, 0) is 23.1 Å². The Labute approximate surface area is 133 Å². The van der Waals surface area contributed by atoms with Crippen LogP contribution in [0.2, 0.25) is 6.04 Å². The van der Waals surface area contributed by atoms with Gasteiger partial charge in [-0.05, 0) is 30.2 Å². The fourth-order valence-electron chi connectivity index (χ4n) is 3.28. The van der Waals surface area contributed by atoms with E-state index < -0.39 is 19.9 Å². The first kappa shape index (κ1) is 20.5. The number of carbonyl (C=O) groups is 1. The molecule has 0 saturated carbocycles. The number of rotatable bonds is 7. The van der Waals surface area contributed by atoms with Gasteiger partial charge in [0.15, 0.2) is 0 Å². The molecule has 0 N–H and O–H groups in total. The highest BCUT2D eigenvalue weighted by Gasteiger charge is 2.67. The lowest BCUT2D eigenvalue weighted by Crippen LogP contribution is -2.70. The summed E-state index contributed by atoms with van der Waals surface area (Å²) >= 11 is 0. The smallest absolute Gasteiger partial charge is 0.462 e. The Morgan fingerprint density at radius 2 is 2.00 bits per heavy atom. The summed E-state index contributed by atoms with van der Waals surface area (Å²) in [5, 5.41) is 0. The van der Waals surface area contributed by atoms with Crippen molar-refractivity contribution in [3.05, 3.63) is 12.7 Å².